The summed E-state index contributed by atoms with van der Waals surface area (Å²) in [5.41, 5.74) is -0.267. The summed E-state index contributed by atoms with van der Waals surface area (Å²) in [5, 5.41) is 19.0. The SMILES string of the molecule is CC(C)(C)Nc1cc(C(=O)O)c(Cl)nn1. The number of carbonyl (C=O) groups is 1. The van der Waals surface area contributed by atoms with Crippen LogP contribution < -0.4 is 5.32 Å². The summed E-state index contributed by atoms with van der Waals surface area (Å²) in [6, 6.07) is 1.36. The highest BCUT2D eigenvalue weighted by Crippen LogP contribution is 2.17. The molecule has 0 atom stereocenters. The van der Waals surface area contributed by atoms with Crippen LogP contribution in [0.3, 0.4) is 0 Å². The topological polar surface area (TPSA) is 75.1 Å². The van der Waals surface area contributed by atoms with Crippen LogP contribution >= 0.6 is 11.6 Å². The van der Waals surface area contributed by atoms with Crippen LogP contribution in [0.1, 0.15) is 31.1 Å². The summed E-state index contributed by atoms with van der Waals surface area (Å²) < 4.78 is 0. The number of carboxylic acids is 1. The molecule has 0 saturated carbocycles. The van der Waals surface area contributed by atoms with Gasteiger partial charge in [-0.3, -0.25) is 0 Å². The number of aromatic carboxylic acids is 1. The lowest BCUT2D eigenvalue weighted by molar-refractivity contribution is 0.0696. The van der Waals surface area contributed by atoms with Gasteiger partial charge >= 0.3 is 5.97 Å². The summed E-state index contributed by atoms with van der Waals surface area (Å²) >= 11 is 5.58. The van der Waals surface area contributed by atoms with Gasteiger partial charge in [-0.15, -0.1) is 10.2 Å². The Morgan fingerprint density at radius 3 is 2.53 bits per heavy atom. The van der Waals surface area contributed by atoms with E-state index in [1.165, 1.54) is 6.07 Å². The van der Waals surface area contributed by atoms with E-state index in [1.807, 2.05) is 20.8 Å². The maximum absolute atomic E-state index is 10.8. The zero-order chi connectivity index (χ0) is 11.6. The smallest absolute Gasteiger partial charge is 0.339 e. The second kappa shape index (κ2) is 4.02. The fourth-order valence-electron chi connectivity index (χ4n) is 0.972. The number of anilines is 1. The lowest BCUT2D eigenvalue weighted by Crippen LogP contribution is -2.27. The zero-order valence-electron chi connectivity index (χ0n) is 8.71. The largest absolute Gasteiger partial charge is 0.478 e. The summed E-state index contributed by atoms with van der Waals surface area (Å²) in [5.74, 6) is -0.726. The standard InChI is InChI=1S/C9H12ClN3O2/c1-9(2,3)11-6-4-5(8(14)15)7(10)13-12-6/h4H,1-3H3,(H,11,12)(H,14,15). The van der Waals surface area contributed by atoms with Crippen LogP contribution in [0.2, 0.25) is 5.15 Å². The van der Waals surface area contributed by atoms with Crippen LogP contribution in [0.5, 0.6) is 0 Å². The van der Waals surface area contributed by atoms with E-state index in [4.69, 9.17) is 16.7 Å². The Morgan fingerprint density at radius 2 is 2.07 bits per heavy atom. The van der Waals surface area contributed by atoms with Gasteiger partial charge in [-0.1, -0.05) is 11.6 Å². The first-order chi connectivity index (χ1) is 6.79. The first kappa shape index (κ1) is 11.7. The van der Waals surface area contributed by atoms with Crippen molar-refractivity contribution in [1.82, 2.24) is 10.2 Å². The Balaban J connectivity index is 3.03. The minimum atomic E-state index is -1.12. The second-order valence-corrected chi connectivity index (χ2v) is 4.47. The Hall–Kier alpha value is -1.36. The molecule has 0 radical (unpaired) electrons. The van der Waals surface area contributed by atoms with E-state index >= 15 is 0 Å². The maximum Gasteiger partial charge on any atom is 0.339 e. The molecule has 15 heavy (non-hydrogen) atoms. The fraction of sp³-hybridized carbons (Fsp3) is 0.444. The van der Waals surface area contributed by atoms with Crippen molar-refractivity contribution in [1.29, 1.82) is 0 Å². The molecule has 0 fully saturated rings. The highest BCUT2D eigenvalue weighted by molar-refractivity contribution is 6.32. The summed E-state index contributed by atoms with van der Waals surface area (Å²) in [4.78, 5) is 10.8. The molecule has 0 spiro atoms. The van der Waals surface area contributed by atoms with Crippen LogP contribution in [0, 0.1) is 0 Å². The molecule has 0 amide bonds. The van der Waals surface area contributed by atoms with Crippen molar-refractivity contribution < 1.29 is 9.90 Å². The van der Waals surface area contributed by atoms with Gasteiger partial charge in [-0.2, -0.15) is 0 Å². The van der Waals surface area contributed by atoms with E-state index in [2.05, 4.69) is 15.5 Å². The maximum atomic E-state index is 10.8. The fourth-order valence-corrected chi connectivity index (χ4v) is 1.15. The molecule has 0 bridgehead atoms. The molecule has 2 N–H and O–H groups in total. The summed E-state index contributed by atoms with van der Waals surface area (Å²) in [6.07, 6.45) is 0. The normalized spacial score (nSPS) is 11.2. The van der Waals surface area contributed by atoms with Crippen molar-refractivity contribution in [3.8, 4) is 0 Å². The number of nitrogens with one attached hydrogen (secondary N) is 1. The van der Waals surface area contributed by atoms with Gasteiger partial charge in [0, 0.05) is 11.6 Å². The van der Waals surface area contributed by atoms with Gasteiger partial charge in [-0.25, -0.2) is 4.79 Å². The highest BCUT2D eigenvalue weighted by Gasteiger charge is 2.15. The van der Waals surface area contributed by atoms with Gasteiger partial charge in [0.05, 0.1) is 0 Å². The molecule has 1 rings (SSSR count). The quantitative estimate of drug-likeness (QED) is 0.812. The summed E-state index contributed by atoms with van der Waals surface area (Å²) in [7, 11) is 0. The molecule has 0 saturated heterocycles. The molecule has 0 aliphatic heterocycles. The van der Waals surface area contributed by atoms with Gasteiger partial charge in [0.15, 0.2) is 5.15 Å². The number of halogens is 1. The molecule has 0 aromatic carbocycles. The second-order valence-electron chi connectivity index (χ2n) is 4.11. The van der Waals surface area contributed by atoms with Gasteiger partial charge in [0.2, 0.25) is 0 Å². The van der Waals surface area contributed by atoms with Gasteiger partial charge in [0.1, 0.15) is 11.4 Å². The van der Waals surface area contributed by atoms with E-state index in [9.17, 15) is 4.79 Å². The lowest BCUT2D eigenvalue weighted by atomic mass is 10.1. The van der Waals surface area contributed by atoms with Crippen molar-refractivity contribution >= 4 is 23.4 Å². The molecule has 1 aromatic rings. The Bertz CT molecular complexity index is 387. The molecule has 0 unspecified atom stereocenters. The molecule has 1 aromatic heterocycles. The molecular weight excluding hydrogens is 218 g/mol. The van der Waals surface area contributed by atoms with Crippen LogP contribution in [0.25, 0.3) is 0 Å². The molecular formula is C9H12ClN3O2. The molecule has 82 valence electrons. The van der Waals surface area contributed by atoms with E-state index in [0.29, 0.717) is 5.82 Å². The van der Waals surface area contributed by atoms with Crippen molar-refractivity contribution in [3.05, 3.63) is 16.8 Å². The van der Waals surface area contributed by atoms with E-state index in [0.717, 1.165) is 0 Å². The van der Waals surface area contributed by atoms with Gasteiger partial charge < -0.3 is 10.4 Å². The van der Waals surface area contributed by atoms with Crippen molar-refractivity contribution in [2.75, 3.05) is 5.32 Å². The molecule has 5 nitrogen and oxygen atoms in total. The number of hydrogen-bond acceptors (Lipinski definition) is 4. The Labute approximate surface area is 92.5 Å². The van der Waals surface area contributed by atoms with Crippen molar-refractivity contribution in [2.45, 2.75) is 26.3 Å². The van der Waals surface area contributed by atoms with Gasteiger partial charge in [0.25, 0.3) is 0 Å². The van der Waals surface area contributed by atoms with E-state index in [1.54, 1.807) is 0 Å². The summed E-state index contributed by atoms with van der Waals surface area (Å²) in [6.45, 7) is 5.80. The predicted octanol–water partition coefficient (Wildman–Crippen LogP) is 2.04. The molecule has 1 heterocycles. The number of carboxylic acid groups (broad SMARTS) is 1. The Kier molecular flexibility index (Phi) is 3.14. The average Bonchev–Trinajstić information content (AvgIpc) is 2.05. The van der Waals surface area contributed by atoms with Crippen LogP contribution in [-0.4, -0.2) is 26.8 Å². The van der Waals surface area contributed by atoms with Crippen LogP contribution in [0.15, 0.2) is 6.07 Å². The van der Waals surface area contributed by atoms with E-state index in [-0.39, 0.29) is 16.3 Å². The molecule has 0 aliphatic carbocycles. The Morgan fingerprint density at radius 1 is 1.47 bits per heavy atom. The zero-order valence-corrected chi connectivity index (χ0v) is 9.46. The number of hydrogen-bond donors (Lipinski definition) is 2. The third-order valence-corrected chi connectivity index (χ3v) is 1.76. The monoisotopic (exact) mass is 229 g/mol. The molecule has 0 aliphatic rings. The highest BCUT2D eigenvalue weighted by atomic mass is 35.5. The third-order valence-electron chi connectivity index (χ3n) is 1.48. The minimum Gasteiger partial charge on any atom is -0.478 e. The first-order valence-corrected chi connectivity index (χ1v) is 4.72. The number of rotatable bonds is 2. The average molecular weight is 230 g/mol. The van der Waals surface area contributed by atoms with Crippen molar-refractivity contribution in [2.24, 2.45) is 0 Å². The minimum absolute atomic E-state index is 0.0570. The molecule has 6 heteroatoms. The third kappa shape index (κ3) is 3.36. The first-order valence-electron chi connectivity index (χ1n) is 4.34. The van der Waals surface area contributed by atoms with E-state index < -0.39 is 5.97 Å². The van der Waals surface area contributed by atoms with Gasteiger partial charge in [-0.05, 0) is 20.8 Å². The van der Waals surface area contributed by atoms with Crippen LogP contribution in [-0.2, 0) is 0 Å². The lowest BCUT2D eigenvalue weighted by Gasteiger charge is -2.20. The predicted molar refractivity (Wildman–Crippen MR) is 57.4 cm³/mol. The number of nitrogens with zero attached hydrogens (tertiary/aromatic N) is 2. The van der Waals surface area contributed by atoms with Crippen LogP contribution in [0.4, 0.5) is 5.82 Å². The van der Waals surface area contributed by atoms with Crippen molar-refractivity contribution in [3.63, 3.8) is 0 Å². The number of aromatic nitrogens is 2.